The molecule has 0 aliphatic heterocycles. The van der Waals surface area contributed by atoms with Gasteiger partial charge in [-0.3, -0.25) is 14.2 Å². The van der Waals surface area contributed by atoms with E-state index in [2.05, 4.69) is 15.4 Å². The number of hydrogen-bond acceptors (Lipinski definition) is 6. The first kappa shape index (κ1) is 20.4. The van der Waals surface area contributed by atoms with E-state index in [1.54, 1.807) is 29.8 Å². The van der Waals surface area contributed by atoms with Gasteiger partial charge in [-0.25, -0.2) is 14.5 Å². The number of carbonyl (C=O) groups is 1. The number of nitrogens with two attached hydrogens (primary N) is 1. The zero-order valence-electron chi connectivity index (χ0n) is 18.1. The van der Waals surface area contributed by atoms with Crippen molar-refractivity contribution in [1.29, 1.82) is 0 Å². The maximum Gasteiger partial charge on any atom is 0.266 e. The van der Waals surface area contributed by atoms with E-state index < -0.39 is 11.9 Å². The molecule has 0 saturated heterocycles. The van der Waals surface area contributed by atoms with E-state index in [1.807, 2.05) is 49.4 Å². The monoisotopic (exact) mass is 439 g/mol. The van der Waals surface area contributed by atoms with Crippen LogP contribution < -0.4 is 16.6 Å². The number of fused-ring (bicyclic) bond motifs is 2. The van der Waals surface area contributed by atoms with Gasteiger partial charge in [-0.05, 0) is 43.7 Å². The minimum atomic E-state index is -0.605. The maximum absolute atomic E-state index is 13.6. The predicted molar refractivity (Wildman–Crippen MR) is 125 cm³/mol. The minimum absolute atomic E-state index is 0.0928. The highest BCUT2D eigenvalue weighted by Crippen LogP contribution is 2.22. The molecule has 3 heterocycles. The fraction of sp³-hybridized carbons (Fsp3) is 0.125. The van der Waals surface area contributed by atoms with Gasteiger partial charge in [-0.2, -0.15) is 0 Å². The molecule has 0 fully saturated rings. The largest absolute Gasteiger partial charge is 0.382 e. The lowest BCUT2D eigenvalue weighted by molar-refractivity contribution is 0.0940. The summed E-state index contributed by atoms with van der Waals surface area (Å²) < 4.78 is 3.00. The number of rotatable bonds is 4. The Balaban J connectivity index is 1.64. The fourth-order valence-corrected chi connectivity index (χ4v) is 4.02. The van der Waals surface area contributed by atoms with Gasteiger partial charge in [0.15, 0.2) is 5.82 Å². The lowest BCUT2D eigenvalue weighted by Gasteiger charge is -2.20. The van der Waals surface area contributed by atoms with Crippen molar-refractivity contribution in [3.8, 4) is 5.69 Å². The molecule has 164 valence electrons. The molecular weight excluding hydrogens is 418 g/mol. The highest BCUT2D eigenvalue weighted by Gasteiger charge is 2.24. The molecule has 5 rings (SSSR count). The highest BCUT2D eigenvalue weighted by atomic mass is 16.2. The van der Waals surface area contributed by atoms with Crippen LogP contribution in [-0.2, 0) is 0 Å². The van der Waals surface area contributed by atoms with Crippen LogP contribution in [0.15, 0.2) is 71.9 Å². The smallest absolute Gasteiger partial charge is 0.266 e. The van der Waals surface area contributed by atoms with E-state index in [4.69, 9.17) is 10.7 Å². The lowest BCUT2D eigenvalue weighted by atomic mass is 10.1. The molecule has 1 atom stereocenters. The molecule has 2 aromatic carbocycles. The van der Waals surface area contributed by atoms with Crippen molar-refractivity contribution in [3.05, 3.63) is 94.4 Å². The number of nitrogen functional groups attached to an aromatic ring is 1. The van der Waals surface area contributed by atoms with E-state index in [0.29, 0.717) is 27.9 Å². The number of carbonyl (C=O) groups excluding carboxylic acids is 1. The van der Waals surface area contributed by atoms with Crippen molar-refractivity contribution < 1.29 is 4.79 Å². The normalized spacial score (nSPS) is 12.2. The molecular formula is C24H21N7O2. The Morgan fingerprint density at radius 3 is 2.67 bits per heavy atom. The third-order valence-electron chi connectivity index (χ3n) is 5.58. The number of aromatic nitrogens is 5. The number of hydrogen-bond donors (Lipinski definition) is 2. The van der Waals surface area contributed by atoms with Crippen molar-refractivity contribution in [3.63, 3.8) is 0 Å². The second-order valence-corrected chi connectivity index (χ2v) is 7.78. The second kappa shape index (κ2) is 7.86. The van der Waals surface area contributed by atoms with Crippen molar-refractivity contribution >= 4 is 28.1 Å². The molecule has 3 N–H and O–H groups in total. The number of aryl methyl sites for hydroxylation is 1. The van der Waals surface area contributed by atoms with E-state index in [9.17, 15) is 9.59 Å². The first-order valence-corrected chi connectivity index (χ1v) is 10.4. The Kier molecular flexibility index (Phi) is 4.86. The van der Waals surface area contributed by atoms with Crippen LogP contribution in [0.25, 0.3) is 22.1 Å². The number of para-hydroxylation sites is 1. The van der Waals surface area contributed by atoms with Crippen LogP contribution in [0, 0.1) is 6.92 Å². The van der Waals surface area contributed by atoms with E-state index in [0.717, 1.165) is 5.56 Å². The standard InChI is InChI=1S/C24H21N7O2/c1-14-7-6-10-17-19(14)24(33)31(16-8-4-3-5-9-16)22(28-17)15(2)27-23(32)20-18-11-12-26-13-30(18)29-21(20)25/h3-13,15H,1-2H3,(H2,25,29)(H,27,32)/t15-/m0/s1. The van der Waals surface area contributed by atoms with Crippen LogP contribution in [-0.4, -0.2) is 30.1 Å². The van der Waals surface area contributed by atoms with Crippen LogP contribution in [0.5, 0.6) is 0 Å². The van der Waals surface area contributed by atoms with Crippen LogP contribution in [0.3, 0.4) is 0 Å². The maximum atomic E-state index is 13.6. The van der Waals surface area contributed by atoms with Crippen molar-refractivity contribution in [1.82, 2.24) is 29.5 Å². The third kappa shape index (κ3) is 3.39. The number of benzene rings is 2. The molecule has 9 heteroatoms. The third-order valence-corrected chi connectivity index (χ3v) is 5.58. The molecule has 1 amide bonds. The predicted octanol–water partition coefficient (Wildman–Crippen LogP) is 2.81. The summed E-state index contributed by atoms with van der Waals surface area (Å²) in [6, 6.07) is 15.9. The fourth-order valence-electron chi connectivity index (χ4n) is 4.02. The van der Waals surface area contributed by atoms with E-state index in [-0.39, 0.29) is 16.9 Å². The SMILES string of the molecule is Cc1cccc2nc([C@H](C)NC(=O)c3c(N)nn4cnccc34)n(-c3ccccc3)c(=O)c12. The zero-order chi connectivity index (χ0) is 23.1. The van der Waals surface area contributed by atoms with Gasteiger partial charge in [0.2, 0.25) is 0 Å². The molecule has 5 aromatic rings. The molecule has 0 spiro atoms. The Morgan fingerprint density at radius 2 is 1.88 bits per heavy atom. The summed E-state index contributed by atoms with van der Waals surface area (Å²) in [4.78, 5) is 35.6. The van der Waals surface area contributed by atoms with Crippen molar-refractivity contribution in [2.75, 3.05) is 5.73 Å². The van der Waals surface area contributed by atoms with Gasteiger partial charge in [-0.1, -0.05) is 30.3 Å². The van der Waals surface area contributed by atoms with Crippen molar-refractivity contribution in [2.24, 2.45) is 0 Å². The molecule has 0 aliphatic carbocycles. The summed E-state index contributed by atoms with van der Waals surface area (Å²) in [5.41, 5.74) is 8.68. The Morgan fingerprint density at radius 1 is 1.09 bits per heavy atom. The van der Waals surface area contributed by atoms with Gasteiger partial charge in [0.25, 0.3) is 11.5 Å². The molecule has 0 saturated carbocycles. The van der Waals surface area contributed by atoms with Gasteiger partial charge in [0, 0.05) is 6.20 Å². The number of anilines is 1. The summed E-state index contributed by atoms with van der Waals surface area (Å²) in [6.45, 7) is 3.67. The van der Waals surface area contributed by atoms with Gasteiger partial charge >= 0.3 is 0 Å². The van der Waals surface area contributed by atoms with E-state index >= 15 is 0 Å². The molecule has 0 bridgehead atoms. The minimum Gasteiger partial charge on any atom is -0.382 e. The van der Waals surface area contributed by atoms with Gasteiger partial charge < -0.3 is 11.1 Å². The van der Waals surface area contributed by atoms with E-state index in [1.165, 1.54) is 10.8 Å². The van der Waals surface area contributed by atoms with Crippen LogP contribution in [0.2, 0.25) is 0 Å². The molecule has 0 aliphatic rings. The first-order chi connectivity index (χ1) is 16.0. The number of nitrogens with zero attached hydrogens (tertiary/aromatic N) is 5. The van der Waals surface area contributed by atoms with Gasteiger partial charge in [-0.15, -0.1) is 5.10 Å². The average Bonchev–Trinajstić information content (AvgIpc) is 3.15. The zero-order valence-corrected chi connectivity index (χ0v) is 18.1. The Labute approximate surface area is 188 Å². The van der Waals surface area contributed by atoms with Crippen LogP contribution >= 0.6 is 0 Å². The quantitative estimate of drug-likeness (QED) is 0.444. The summed E-state index contributed by atoms with van der Waals surface area (Å²) >= 11 is 0. The number of nitrogens with one attached hydrogen (secondary N) is 1. The van der Waals surface area contributed by atoms with Crippen LogP contribution in [0.1, 0.15) is 34.7 Å². The van der Waals surface area contributed by atoms with Gasteiger partial charge in [0.05, 0.1) is 28.1 Å². The number of amides is 1. The summed E-state index contributed by atoms with van der Waals surface area (Å²) in [7, 11) is 0. The highest BCUT2D eigenvalue weighted by molar-refractivity contribution is 6.05. The second-order valence-electron chi connectivity index (χ2n) is 7.78. The molecule has 0 unspecified atom stereocenters. The molecule has 9 nitrogen and oxygen atoms in total. The summed E-state index contributed by atoms with van der Waals surface area (Å²) in [5, 5.41) is 7.62. The molecule has 0 radical (unpaired) electrons. The lowest BCUT2D eigenvalue weighted by Crippen LogP contribution is -2.33. The molecule has 33 heavy (non-hydrogen) atoms. The topological polar surface area (TPSA) is 120 Å². The van der Waals surface area contributed by atoms with Gasteiger partial charge in [0.1, 0.15) is 17.7 Å². The Hall–Kier alpha value is -4.53. The molecule has 3 aromatic heterocycles. The average molecular weight is 439 g/mol. The van der Waals surface area contributed by atoms with Crippen LogP contribution in [0.4, 0.5) is 5.82 Å². The van der Waals surface area contributed by atoms with Crippen molar-refractivity contribution in [2.45, 2.75) is 19.9 Å². The summed E-state index contributed by atoms with van der Waals surface area (Å²) in [5.74, 6) is 0.0870. The Bertz CT molecular complexity index is 1570. The summed E-state index contributed by atoms with van der Waals surface area (Å²) in [6.07, 6.45) is 3.04. The first-order valence-electron chi connectivity index (χ1n) is 10.4.